The van der Waals surface area contributed by atoms with Crippen LogP contribution in [0.25, 0.3) is 21.3 Å². The zero-order chi connectivity index (χ0) is 17.9. The van der Waals surface area contributed by atoms with Gasteiger partial charge in [-0.05, 0) is 35.7 Å². The zero-order valence-electron chi connectivity index (χ0n) is 14.2. The van der Waals surface area contributed by atoms with Crippen LogP contribution in [0.1, 0.15) is 5.69 Å². The Morgan fingerprint density at radius 3 is 2.69 bits per heavy atom. The van der Waals surface area contributed by atoms with Gasteiger partial charge in [-0.3, -0.25) is 0 Å². The highest BCUT2D eigenvalue weighted by molar-refractivity contribution is 7.98. The monoisotopic (exact) mass is 400 g/mol. The van der Waals surface area contributed by atoms with E-state index in [4.69, 9.17) is 9.72 Å². The van der Waals surface area contributed by atoms with E-state index in [0.717, 1.165) is 43.6 Å². The lowest BCUT2D eigenvalue weighted by Gasteiger charge is -2.01. The third-order valence-electron chi connectivity index (χ3n) is 3.81. The van der Waals surface area contributed by atoms with Gasteiger partial charge in [-0.15, -0.1) is 32.9 Å². The summed E-state index contributed by atoms with van der Waals surface area (Å²) in [6.07, 6.45) is 0. The second kappa shape index (κ2) is 7.61. The van der Waals surface area contributed by atoms with Gasteiger partial charge in [0, 0.05) is 23.7 Å². The standard InChI is InChI=1S/C18H16N4OS3/c1-22-16(15-4-3-9-24-15)20-21-18(22)26-11-13-10-25-17(19-13)12-5-7-14(23-2)8-6-12/h3-10H,11H2,1-2H3. The Morgan fingerprint density at radius 1 is 1.12 bits per heavy atom. The molecule has 0 fully saturated rings. The average Bonchev–Trinajstić information content (AvgIpc) is 3.41. The normalized spacial score (nSPS) is 11.0. The fourth-order valence-corrected chi connectivity index (χ4v) is 4.92. The van der Waals surface area contributed by atoms with Crippen molar-refractivity contribution in [3.8, 4) is 27.0 Å². The summed E-state index contributed by atoms with van der Waals surface area (Å²) in [4.78, 5) is 5.87. The lowest BCUT2D eigenvalue weighted by atomic mass is 10.2. The molecule has 0 radical (unpaired) electrons. The van der Waals surface area contributed by atoms with E-state index in [2.05, 4.69) is 21.6 Å². The number of aromatic nitrogens is 4. The molecule has 3 aromatic heterocycles. The minimum atomic E-state index is 0.767. The maximum absolute atomic E-state index is 5.20. The highest BCUT2D eigenvalue weighted by Gasteiger charge is 2.13. The number of hydrogen-bond donors (Lipinski definition) is 0. The first-order valence-electron chi connectivity index (χ1n) is 7.89. The SMILES string of the molecule is COc1ccc(-c2nc(CSc3nnc(-c4cccs4)n3C)cs2)cc1. The summed E-state index contributed by atoms with van der Waals surface area (Å²) in [5, 5.41) is 14.7. The number of thioether (sulfide) groups is 1. The van der Waals surface area contributed by atoms with Crippen molar-refractivity contribution in [2.75, 3.05) is 7.11 Å². The van der Waals surface area contributed by atoms with Crippen LogP contribution in [0.5, 0.6) is 5.75 Å². The molecule has 132 valence electrons. The first kappa shape index (κ1) is 17.3. The van der Waals surface area contributed by atoms with Crippen molar-refractivity contribution in [2.45, 2.75) is 10.9 Å². The van der Waals surface area contributed by atoms with Crippen LogP contribution in [0, 0.1) is 0 Å². The van der Waals surface area contributed by atoms with E-state index in [-0.39, 0.29) is 0 Å². The first-order valence-corrected chi connectivity index (χ1v) is 10.6. The van der Waals surface area contributed by atoms with Crippen LogP contribution < -0.4 is 4.74 Å². The Kier molecular flexibility index (Phi) is 5.05. The lowest BCUT2D eigenvalue weighted by molar-refractivity contribution is 0.415. The molecule has 0 N–H and O–H groups in total. The molecule has 1 aromatic carbocycles. The summed E-state index contributed by atoms with van der Waals surface area (Å²) >= 11 is 4.97. The number of benzene rings is 1. The van der Waals surface area contributed by atoms with E-state index in [0.29, 0.717) is 0 Å². The predicted octanol–water partition coefficient (Wildman–Crippen LogP) is 4.97. The highest BCUT2D eigenvalue weighted by atomic mass is 32.2. The van der Waals surface area contributed by atoms with Gasteiger partial charge in [0.05, 0.1) is 17.7 Å². The van der Waals surface area contributed by atoms with E-state index >= 15 is 0 Å². The fraction of sp³-hybridized carbons (Fsp3) is 0.167. The number of thiazole rings is 1. The highest BCUT2D eigenvalue weighted by Crippen LogP contribution is 2.30. The number of rotatable bonds is 6. The number of hydrogen-bond acceptors (Lipinski definition) is 7. The Balaban J connectivity index is 1.45. The predicted molar refractivity (Wildman–Crippen MR) is 108 cm³/mol. The van der Waals surface area contributed by atoms with Crippen LogP contribution in [0.4, 0.5) is 0 Å². The van der Waals surface area contributed by atoms with Gasteiger partial charge in [-0.1, -0.05) is 17.8 Å². The minimum absolute atomic E-state index is 0.767. The van der Waals surface area contributed by atoms with Crippen LogP contribution >= 0.6 is 34.4 Å². The summed E-state index contributed by atoms with van der Waals surface area (Å²) in [5.74, 6) is 2.52. The number of thiophene rings is 1. The third-order valence-corrected chi connectivity index (χ3v) is 6.67. The Morgan fingerprint density at radius 2 is 1.96 bits per heavy atom. The molecule has 4 rings (SSSR count). The van der Waals surface area contributed by atoms with Gasteiger partial charge in [0.1, 0.15) is 10.8 Å². The van der Waals surface area contributed by atoms with Gasteiger partial charge in [-0.25, -0.2) is 4.98 Å². The summed E-state index contributed by atoms with van der Waals surface area (Å²) < 4.78 is 7.24. The maximum Gasteiger partial charge on any atom is 0.191 e. The molecule has 3 heterocycles. The Hall–Kier alpha value is -2.16. The zero-order valence-corrected chi connectivity index (χ0v) is 16.7. The van der Waals surface area contributed by atoms with Crippen LogP contribution in [0.2, 0.25) is 0 Å². The quantitative estimate of drug-likeness (QED) is 0.428. The van der Waals surface area contributed by atoms with Crippen molar-refractivity contribution in [3.05, 3.63) is 52.9 Å². The summed E-state index contributed by atoms with van der Waals surface area (Å²) in [7, 11) is 3.67. The number of ether oxygens (including phenoxy) is 1. The molecule has 4 aromatic rings. The van der Waals surface area contributed by atoms with E-state index in [1.807, 2.05) is 47.3 Å². The van der Waals surface area contributed by atoms with Crippen molar-refractivity contribution >= 4 is 34.4 Å². The van der Waals surface area contributed by atoms with Gasteiger partial charge >= 0.3 is 0 Å². The molecule has 0 atom stereocenters. The molecule has 0 amide bonds. The van der Waals surface area contributed by atoms with E-state index in [9.17, 15) is 0 Å². The van der Waals surface area contributed by atoms with Crippen LogP contribution in [0.3, 0.4) is 0 Å². The summed E-state index contributed by atoms with van der Waals surface area (Å²) in [6, 6.07) is 12.1. The molecule has 0 spiro atoms. The number of methoxy groups -OCH3 is 1. The average molecular weight is 401 g/mol. The summed E-state index contributed by atoms with van der Waals surface area (Å²) in [5.41, 5.74) is 2.15. The van der Waals surface area contributed by atoms with Crippen molar-refractivity contribution in [1.29, 1.82) is 0 Å². The molecular weight excluding hydrogens is 384 g/mol. The molecule has 26 heavy (non-hydrogen) atoms. The molecule has 0 bridgehead atoms. The van der Waals surface area contributed by atoms with Crippen LogP contribution in [0.15, 0.2) is 52.3 Å². The molecule has 8 heteroatoms. The van der Waals surface area contributed by atoms with Crippen molar-refractivity contribution < 1.29 is 4.74 Å². The second-order valence-electron chi connectivity index (χ2n) is 5.50. The van der Waals surface area contributed by atoms with Crippen molar-refractivity contribution in [2.24, 2.45) is 7.05 Å². The molecule has 0 saturated carbocycles. The second-order valence-corrected chi connectivity index (χ2v) is 8.25. The van der Waals surface area contributed by atoms with E-state index in [1.165, 1.54) is 0 Å². The maximum atomic E-state index is 5.20. The van der Waals surface area contributed by atoms with Gasteiger partial charge in [0.15, 0.2) is 11.0 Å². The molecule has 5 nitrogen and oxygen atoms in total. The Bertz CT molecular complexity index is 990. The van der Waals surface area contributed by atoms with Crippen LogP contribution in [-0.4, -0.2) is 26.9 Å². The lowest BCUT2D eigenvalue weighted by Crippen LogP contribution is -1.94. The largest absolute Gasteiger partial charge is 0.497 e. The fourth-order valence-electron chi connectivity index (χ4n) is 2.44. The van der Waals surface area contributed by atoms with E-state index in [1.54, 1.807) is 41.5 Å². The van der Waals surface area contributed by atoms with Gasteiger partial charge in [0.25, 0.3) is 0 Å². The van der Waals surface area contributed by atoms with Crippen molar-refractivity contribution in [3.63, 3.8) is 0 Å². The molecule has 0 aliphatic heterocycles. The van der Waals surface area contributed by atoms with Gasteiger partial charge < -0.3 is 9.30 Å². The van der Waals surface area contributed by atoms with Crippen LogP contribution in [-0.2, 0) is 12.8 Å². The molecule has 0 aliphatic carbocycles. The molecule has 0 unspecified atom stereocenters. The third kappa shape index (κ3) is 3.53. The van der Waals surface area contributed by atoms with Crippen molar-refractivity contribution in [1.82, 2.24) is 19.7 Å². The summed E-state index contributed by atoms with van der Waals surface area (Å²) in [6.45, 7) is 0. The molecule has 0 aliphatic rings. The molecule has 0 saturated heterocycles. The van der Waals surface area contributed by atoms with Gasteiger partial charge in [-0.2, -0.15) is 0 Å². The van der Waals surface area contributed by atoms with Gasteiger partial charge in [0.2, 0.25) is 0 Å². The molecular formula is C18H16N4OS3. The Labute approximate surface area is 163 Å². The topological polar surface area (TPSA) is 52.8 Å². The number of nitrogens with zero attached hydrogens (tertiary/aromatic N) is 4. The smallest absolute Gasteiger partial charge is 0.191 e. The first-order chi connectivity index (χ1) is 12.7. The minimum Gasteiger partial charge on any atom is -0.497 e. The van der Waals surface area contributed by atoms with E-state index < -0.39 is 0 Å².